The molecule has 1 heteroatoms. The Bertz CT molecular complexity index is 189. The van der Waals surface area contributed by atoms with Crippen molar-refractivity contribution in [3.63, 3.8) is 0 Å². The van der Waals surface area contributed by atoms with E-state index in [9.17, 15) is 0 Å². The highest BCUT2D eigenvalue weighted by molar-refractivity contribution is 5.36. The Morgan fingerprint density at radius 3 is 2.64 bits per heavy atom. The molecule has 0 bridgehead atoms. The lowest BCUT2D eigenvalue weighted by Crippen LogP contribution is -2.02. The summed E-state index contributed by atoms with van der Waals surface area (Å²) in [5.41, 5.74) is 2.78. The molecule has 0 aromatic heterocycles. The van der Waals surface area contributed by atoms with Gasteiger partial charge < -0.3 is 5.11 Å². The lowest BCUT2D eigenvalue weighted by molar-refractivity contribution is 0.249. The van der Waals surface area contributed by atoms with E-state index in [-0.39, 0.29) is 0 Å². The van der Waals surface area contributed by atoms with E-state index in [0.29, 0.717) is 12.5 Å². The van der Waals surface area contributed by atoms with Crippen molar-refractivity contribution in [1.29, 1.82) is 0 Å². The lowest BCUT2D eigenvalue weighted by Gasteiger charge is -2.07. The second-order valence-corrected chi connectivity index (χ2v) is 2.98. The van der Waals surface area contributed by atoms with Gasteiger partial charge in [-0.3, -0.25) is 0 Å². The van der Waals surface area contributed by atoms with Crippen LogP contribution in [0.5, 0.6) is 0 Å². The van der Waals surface area contributed by atoms with Gasteiger partial charge in [0.25, 0.3) is 0 Å². The van der Waals surface area contributed by atoms with Crippen molar-refractivity contribution in [1.82, 2.24) is 0 Å². The van der Waals surface area contributed by atoms with Crippen molar-refractivity contribution in [3.8, 4) is 0 Å². The smallest absolute Gasteiger partial charge is 0.0499 e. The van der Waals surface area contributed by atoms with E-state index >= 15 is 0 Å². The van der Waals surface area contributed by atoms with Gasteiger partial charge in [0.15, 0.2) is 0 Å². The molecule has 1 saturated carbocycles. The number of hydrogen-bond donors (Lipinski definition) is 1. The van der Waals surface area contributed by atoms with Crippen molar-refractivity contribution in [3.05, 3.63) is 23.3 Å². The van der Waals surface area contributed by atoms with Crippen LogP contribution in [-0.4, -0.2) is 11.7 Å². The fraction of sp³-hybridized carbons (Fsp3) is 0.600. The number of rotatable bonds is 1. The number of hydrogen-bond acceptors (Lipinski definition) is 1. The summed E-state index contributed by atoms with van der Waals surface area (Å²) in [6.45, 7) is 4.42. The summed E-state index contributed by atoms with van der Waals surface area (Å²) in [6.07, 6.45) is 6.55. The topological polar surface area (TPSA) is 20.2 Å². The van der Waals surface area contributed by atoms with E-state index < -0.39 is 0 Å². The molecular formula is C10H16O. The zero-order chi connectivity index (χ0) is 8.27. The van der Waals surface area contributed by atoms with E-state index in [1.807, 2.05) is 6.92 Å². The molecule has 62 valence electrons. The Morgan fingerprint density at radius 2 is 2.18 bits per heavy atom. The number of aliphatic hydroxyl groups is 1. The van der Waals surface area contributed by atoms with Crippen molar-refractivity contribution in [2.45, 2.75) is 26.7 Å². The Labute approximate surface area is 68.4 Å². The van der Waals surface area contributed by atoms with Gasteiger partial charge in [-0.25, -0.2) is 0 Å². The molecular weight excluding hydrogens is 136 g/mol. The minimum absolute atomic E-state index is 0.303. The average molecular weight is 152 g/mol. The minimum Gasteiger partial charge on any atom is -0.396 e. The van der Waals surface area contributed by atoms with Crippen LogP contribution in [0.4, 0.5) is 0 Å². The molecule has 1 fully saturated rings. The van der Waals surface area contributed by atoms with Gasteiger partial charge in [0.05, 0.1) is 0 Å². The maximum atomic E-state index is 9.01. The normalized spacial score (nSPS) is 32.1. The standard InChI is InChI=1S/C10H16O/c1-3-8-5-6-9(7-11)10(8)4-2/h3-4,9,11H,5-7H2,1-2H3/b8-3+,10-4-. The maximum Gasteiger partial charge on any atom is 0.0499 e. The first-order valence-corrected chi connectivity index (χ1v) is 4.26. The van der Waals surface area contributed by atoms with Crippen LogP contribution < -0.4 is 0 Å². The Balaban J connectivity index is 2.80. The summed E-state index contributed by atoms with van der Waals surface area (Å²) in [4.78, 5) is 0. The van der Waals surface area contributed by atoms with Gasteiger partial charge >= 0.3 is 0 Å². The highest BCUT2D eigenvalue weighted by atomic mass is 16.3. The van der Waals surface area contributed by atoms with Crippen LogP contribution in [0, 0.1) is 5.92 Å². The summed E-state index contributed by atoms with van der Waals surface area (Å²) in [6, 6.07) is 0. The molecule has 0 saturated heterocycles. The van der Waals surface area contributed by atoms with Gasteiger partial charge in [-0.1, -0.05) is 12.2 Å². The van der Waals surface area contributed by atoms with Crippen LogP contribution in [0.2, 0.25) is 0 Å². The maximum absolute atomic E-state index is 9.01. The molecule has 1 atom stereocenters. The van der Waals surface area contributed by atoms with E-state index in [1.165, 1.54) is 11.1 Å². The van der Waals surface area contributed by atoms with E-state index in [2.05, 4.69) is 19.1 Å². The third-order valence-electron chi connectivity index (χ3n) is 2.45. The van der Waals surface area contributed by atoms with Crippen molar-refractivity contribution in [2.24, 2.45) is 5.92 Å². The van der Waals surface area contributed by atoms with Crippen LogP contribution in [0.3, 0.4) is 0 Å². The molecule has 0 aliphatic heterocycles. The molecule has 0 radical (unpaired) electrons. The Hall–Kier alpha value is -0.560. The molecule has 1 unspecified atom stereocenters. The van der Waals surface area contributed by atoms with E-state index in [0.717, 1.165) is 12.8 Å². The van der Waals surface area contributed by atoms with Crippen LogP contribution in [-0.2, 0) is 0 Å². The first-order chi connectivity index (χ1) is 5.33. The molecule has 0 heterocycles. The molecule has 1 rings (SSSR count). The van der Waals surface area contributed by atoms with Crippen LogP contribution in [0.15, 0.2) is 23.3 Å². The van der Waals surface area contributed by atoms with Gasteiger partial charge in [0, 0.05) is 12.5 Å². The van der Waals surface area contributed by atoms with Crippen LogP contribution in [0.25, 0.3) is 0 Å². The molecule has 1 aliphatic carbocycles. The van der Waals surface area contributed by atoms with E-state index in [4.69, 9.17) is 5.11 Å². The second kappa shape index (κ2) is 3.72. The first kappa shape index (κ1) is 8.54. The molecule has 1 N–H and O–H groups in total. The number of aliphatic hydroxyl groups excluding tert-OH is 1. The summed E-state index contributed by atoms with van der Waals surface area (Å²) >= 11 is 0. The fourth-order valence-electron chi connectivity index (χ4n) is 1.81. The average Bonchev–Trinajstić information content (AvgIpc) is 2.45. The summed E-state index contributed by atoms with van der Waals surface area (Å²) in [5, 5.41) is 9.01. The SMILES string of the molecule is C/C=C1\CCC(CO)\C1=C/C. The Kier molecular flexibility index (Phi) is 2.89. The molecule has 0 aromatic carbocycles. The van der Waals surface area contributed by atoms with Crippen LogP contribution >= 0.6 is 0 Å². The largest absolute Gasteiger partial charge is 0.396 e. The molecule has 0 spiro atoms. The molecule has 1 nitrogen and oxygen atoms in total. The molecule has 0 aromatic rings. The third-order valence-corrected chi connectivity index (χ3v) is 2.45. The van der Waals surface area contributed by atoms with Crippen LogP contribution in [0.1, 0.15) is 26.7 Å². The van der Waals surface area contributed by atoms with E-state index in [1.54, 1.807) is 0 Å². The van der Waals surface area contributed by atoms with Gasteiger partial charge in [-0.15, -0.1) is 0 Å². The number of allylic oxidation sites excluding steroid dienone is 3. The lowest BCUT2D eigenvalue weighted by atomic mass is 10.0. The summed E-state index contributed by atoms with van der Waals surface area (Å²) < 4.78 is 0. The monoisotopic (exact) mass is 152 g/mol. The third kappa shape index (κ3) is 1.54. The minimum atomic E-state index is 0.303. The highest BCUT2D eigenvalue weighted by Gasteiger charge is 2.22. The first-order valence-electron chi connectivity index (χ1n) is 4.26. The van der Waals surface area contributed by atoms with Crippen molar-refractivity contribution in [2.75, 3.05) is 6.61 Å². The van der Waals surface area contributed by atoms with Crippen molar-refractivity contribution >= 4 is 0 Å². The van der Waals surface area contributed by atoms with Crippen molar-refractivity contribution < 1.29 is 5.11 Å². The molecule has 1 aliphatic rings. The van der Waals surface area contributed by atoms with Gasteiger partial charge in [-0.05, 0) is 37.8 Å². The van der Waals surface area contributed by atoms with Gasteiger partial charge in [-0.2, -0.15) is 0 Å². The zero-order valence-corrected chi connectivity index (χ0v) is 7.30. The zero-order valence-electron chi connectivity index (χ0n) is 7.30. The predicted molar refractivity (Wildman–Crippen MR) is 47.3 cm³/mol. The Morgan fingerprint density at radius 1 is 1.45 bits per heavy atom. The predicted octanol–water partition coefficient (Wildman–Crippen LogP) is 2.28. The molecule has 11 heavy (non-hydrogen) atoms. The van der Waals surface area contributed by atoms with Gasteiger partial charge in [0.1, 0.15) is 0 Å². The quantitative estimate of drug-likeness (QED) is 0.611. The second-order valence-electron chi connectivity index (χ2n) is 2.98. The fourth-order valence-corrected chi connectivity index (χ4v) is 1.81. The molecule has 0 amide bonds. The highest BCUT2D eigenvalue weighted by Crippen LogP contribution is 2.35. The van der Waals surface area contributed by atoms with Gasteiger partial charge in [0.2, 0.25) is 0 Å². The summed E-state index contributed by atoms with van der Waals surface area (Å²) in [5.74, 6) is 0.409. The summed E-state index contributed by atoms with van der Waals surface area (Å²) in [7, 11) is 0.